The van der Waals surface area contributed by atoms with E-state index in [4.69, 9.17) is 0 Å². The minimum Gasteiger partial charge on any atom is -0.389 e. The third-order valence-electron chi connectivity index (χ3n) is 2.21. The molecule has 1 aromatic rings. The van der Waals surface area contributed by atoms with Gasteiger partial charge in [-0.15, -0.1) is 0 Å². The van der Waals surface area contributed by atoms with Gasteiger partial charge in [0.15, 0.2) is 0 Å². The Morgan fingerprint density at radius 2 is 2.38 bits per heavy atom. The zero-order chi connectivity index (χ0) is 9.90. The monoisotopic (exact) mass is 183 g/mol. The van der Waals surface area contributed by atoms with E-state index in [-0.39, 0.29) is 6.04 Å². The molecule has 0 aliphatic rings. The van der Waals surface area contributed by atoms with Crippen molar-refractivity contribution < 1.29 is 5.11 Å². The SMILES string of the molecule is CC(NCc1cnc[nH]1)C(C)(C)O. The second-order valence-electron chi connectivity index (χ2n) is 3.83. The Bertz CT molecular complexity index is 238. The summed E-state index contributed by atoms with van der Waals surface area (Å²) >= 11 is 0. The summed E-state index contributed by atoms with van der Waals surface area (Å²) < 4.78 is 0. The lowest BCUT2D eigenvalue weighted by Crippen LogP contribution is -2.44. The van der Waals surface area contributed by atoms with Crippen LogP contribution in [0.15, 0.2) is 12.5 Å². The topological polar surface area (TPSA) is 60.9 Å². The highest BCUT2D eigenvalue weighted by molar-refractivity contribution is 4.94. The highest BCUT2D eigenvalue weighted by Crippen LogP contribution is 2.07. The molecular formula is C9H17N3O. The number of hydrogen-bond acceptors (Lipinski definition) is 3. The van der Waals surface area contributed by atoms with Crippen molar-refractivity contribution in [2.45, 2.75) is 39.0 Å². The van der Waals surface area contributed by atoms with E-state index < -0.39 is 5.60 Å². The average molecular weight is 183 g/mol. The van der Waals surface area contributed by atoms with E-state index in [1.54, 1.807) is 26.4 Å². The number of rotatable bonds is 4. The van der Waals surface area contributed by atoms with Crippen molar-refractivity contribution in [3.8, 4) is 0 Å². The molecule has 0 radical (unpaired) electrons. The van der Waals surface area contributed by atoms with E-state index in [0.717, 1.165) is 5.69 Å². The number of aliphatic hydroxyl groups is 1. The summed E-state index contributed by atoms with van der Waals surface area (Å²) in [4.78, 5) is 6.89. The van der Waals surface area contributed by atoms with Gasteiger partial charge in [-0.3, -0.25) is 0 Å². The molecule has 0 spiro atoms. The Hall–Kier alpha value is -0.870. The maximum atomic E-state index is 9.63. The maximum absolute atomic E-state index is 9.63. The van der Waals surface area contributed by atoms with Crippen LogP contribution in [0.4, 0.5) is 0 Å². The van der Waals surface area contributed by atoms with Crippen LogP contribution in [0.25, 0.3) is 0 Å². The van der Waals surface area contributed by atoms with Crippen LogP contribution < -0.4 is 5.32 Å². The van der Waals surface area contributed by atoms with Crippen molar-refractivity contribution in [3.05, 3.63) is 18.2 Å². The van der Waals surface area contributed by atoms with Crippen LogP contribution >= 0.6 is 0 Å². The van der Waals surface area contributed by atoms with Crippen LogP contribution in [0.2, 0.25) is 0 Å². The summed E-state index contributed by atoms with van der Waals surface area (Å²) in [6.07, 6.45) is 3.41. The van der Waals surface area contributed by atoms with Gasteiger partial charge in [-0.2, -0.15) is 0 Å². The van der Waals surface area contributed by atoms with Gasteiger partial charge in [-0.1, -0.05) is 0 Å². The van der Waals surface area contributed by atoms with E-state index in [0.29, 0.717) is 6.54 Å². The van der Waals surface area contributed by atoms with Gasteiger partial charge >= 0.3 is 0 Å². The Balaban J connectivity index is 2.35. The Labute approximate surface area is 78.4 Å². The molecule has 0 saturated carbocycles. The second-order valence-corrected chi connectivity index (χ2v) is 3.83. The van der Waals surface area contributed by atoms with Crippen molar-refractivity contribution in [2.24, 2.45) is 0 Å². The molecular weight excluding hydrogens is 166 g/mol. The third-order valence-corrected chi connectivity index (χ3v) is 2.21. The van der Waals surface area contributed by atoms with Gasteiger partial charge in [-0.25, -0.2) is 4.98 Å². The van der Waals surface area contributed by atoms with E-state index in [9.17, 15) is 5.11 Å². The molecule has 0 aliphatic carbocycles. The number of hydrogen-bond donors (Lipinski definition) is 3. The minimum atomic E-state index is -0.694. The number of imidazole rings is 1. The molecule has 1 aromatic heterocycles. The molecule has 74 valence electrons. The first kappa shape index (κ1) is 10.2. The van der Waals surface area contributed by atoms with E-state index in [2.05, 4.69) is 15.3 Å². The van der Waals surface area contributed by atoms with Gasteiger partial charge in [-0.05, 0) is 20.8 Å². The van der Waals surface area contributed by atoms with E-state index in [1.165, 1.54) is 0 Å². The molecule has 3 N–H and O–H groups in total. The van der Waals surface area contributed by atoms with Crippen LogP contribution in [-0.2, 0) is 6.54 Å². The van der Waals surface area contributed by atoms with Gasteiger partial charge < -0.3 is 15.4 Å². The van der Waals surface area contributed by atoms with Crippen molar-refractivity contribution >= 4 is 0 Å². The largest absolute Gasteiger partial charge is 0.389 e. The molecule has 0 bridgehead atoms. The number of H-pyrrole nitrogens is 1. The number of nitrogens with zero attached hydrogens (tertiary/aromatic N) is 1. The zero-order valence-electron chi connectivity index (χ0n) is 8.33. The lowest BCUT2D eigenvalue weighted by atomic mass is 10.0. The second kappa shape index (κ2) is 3.89. The summed E-state index contributed by atoms with van der Waals surface area (Å²) in [5.41, 5.74) is 0.330. The molecule has 13 heavy (non-hydrogen) atoms. The Morgan fingerprint density at radius 1 is 1.69 bits per heavy atom. The molecule has 4 nitrogen and oxygen atoms in total. The van der Waals surface area contributed by atoms with Crippen molar-refractivity contribution in [3.63, 3.8) is 0 Å². The maximum Gasteiger partial charge on any atom is 0.0922 e. The molecule has 1 unspecified atom stereocenters. The van der Waals surface area contributed by atoms with Gasteiger partial charge in [0, 0.05) is 24.5 Å². The summed E-state index contributed by atoms with van der Waals surface area (Å²) in [6.45, 7) is 6.23. The average Bonchev–Trinajstić information content (AvgIpc) is 2.50. The molecule has 0 amide bonds. The van der Waals surface area contributed by atoms with Crippen LogP contribution in [-0.4, -0.2) is 26.7 Å². The van der Waals surface area contributed by atoms with Gasteiger partial charge in [0.1, 0.15) is 0 Å². The first-order valence-electron chi connectivity index (χ1n) is 4.43. The fraction of sp³-hybridized carbons (Fsp3) is 0.667. The van der Waals surface area contributed by atoms with Crippen LogP contribution in [0, 0.1) is 0 Å². The Kier molecular flexibility index (Phi) is 3.06. The minimum absolute atomic E-state index is 0.0517. The van der Waals surface area contributed by atoms with E-state index >= 15 is 0 Å². The summed E-state index contributed by atoms with van der Waals surface area (Å²) in [5.74, 6) is 0. The smallest absolute Gasteiger partial charge is 0.0922 e. The molecule has 1 rings (SSSR count). The summed E-state index contributed by atoms with van der Waals surface area (Å²) in [5, 5.41) is 12.8. The molecule has 1 atom stereocenters. The number of aromatic nitrogens is 2. The molecule has 0 saturated heterocycles. The van der Waals surface area contributed by atoms with Crippen molar-refractivity contribution in [1.82, 2.24) is 15.3 Å². The Morgan fingerprint density at radius 3 is 2.85 bits per heavy atom. The first-order valence-corrected chi connectivity index (χ1v) is 4.43. The van der Waals surface area contributed by atoms with Gasteiger partial charge in [0.2, 0.25) is 0 Å². The normalized spacial score (nSPS) is 14.5. The third kappa shape index (κ3) is 3.16. The quantitative estimate of drug-likeness (QED) is 0.642. The summed E-state index contributed by atoms with van der Waals surface area (Å²) in [7, 11) is 0. The number of nitrogens with one attached hydrogen (secondary N) is 2. The van der Waals surface area contributed by atoms with Crippen LogP contribution in [0.5, 0.6) is 0 Å². The fourth-order valence-electron chi connectivity index (χ4n) is 0.894. The predicted octanol–water partition coefficient (Wildman–Crippen LogP) is 0.659. The number of aromatic amines is 1. The molecule has 0 aromatic carbocycles. The highest BCUT2D eigenvalue weighted by Gasteiger charge is 2.21. The van der Waals surface area contributed by atoms with Crippen molar-refractivity contribution in [2.75, 3.05) is 0 Å². The summed E-state index contributed by atoms with van der Waals surface area (Å²) in [6, 6.07) is 0.0517. The lowest BCUT2D eigenvalue weighted by molar-refractivity contribution is 0.0436. The fourth-order valence-corrected chi connectivity index (χ4v) is 0.894. The first-order chi connectivity index (χ1) is 6.00. The lowest BCUT2D eigenvalue weighted by Gasteiger charge is -2.26. The standard InChI is InChI=1S/C9H17N3O/c1-7(9(2,3)13)11-5-8-4-10-6-12-8/h4,6-7,11,13H,5H2,1-3H3,(H,10,12). The molecule has 0 aliphatic heterocycles. The zero-order valence-corrected chi connectivity index (χ0v) is 8.33. The van der Waals surface area contributed by atoms with Crippen LogP contribution in [0.3, 0.4) is 0 Å². The molecule has 0 fully saturated rings. The van der Waals surface area contributed by atoms with Gasteiger partial charge in [0.05, 0.1) is 11.9 Å². The van der Waals surface area contributed by atoms with E-state index in [1.807, 2.05) is 6.92 Å². The highest BCUT2D eigenvalue weighted by atomic mass is 16.3. The van der Waals surface area contributed by atoms with Gasteiger partial charge in [0.25, 0.3) is 0 Å². The molecule has 4 heteroatoms. The van der Waals surface area contributed by atoms with Crippen LogP contribution in [0.1, 0.15) is 26.5 Å². The predicted molar refractivity (Wildman–Crippen MR) is 51.2 cm³/mol. The van der Waals surface area contributed by atoms with Crippen molar-refractivity contribution in [1.29, 1.82) is 0 Å². The molecule has 1 heterocycles.